The number of rotatable bonds is 3. The fourth-order valence-electron chi connectivity index (χ4n) is 3.35. The Balaban J connectivity index is 1.85. The summed E-state index contributed by atoms with van der Waals surface area (Å²) in [5.74, 6) is -0.473. The van der Waals surface area contributed by atoms with Gasteiger partial charge in [-0.3, -0.25) is 4.98 Å². The lowest BCUT2D eigenvalue weighted by molar-refractivity contribution is 0.337. The molecule has 1 N–H and O–H groups in total. The zero-order valence-corrected chi connectivity index (χ0v) is 13.2. The molecule has 0 aliphatic carbocycles. The Morgan fingerprint density at radius 3 is 2.54 bits per heavy atom. The van der Waals surface area contributed by atoms with Crippen LogP contribution in [0.4, 0.5) is 8.78 Å². The van der Waals surface area contributed by atoms with Crippen molar-refractivity contribution >= 4 is 11.0 Å². The van der Waals surface area contributed by atoms with Gasteiger partial charge in [0.05, 0.1) is 11.0 Å². The molecule has 0 saturated carbocycles. The summed E-state index contributed by atoms with van der Waals surface area (Å²) in [6.07, 6.45) is 5.54. The first-order chi connectivity index (χ1) is 11.7. The fraction of sp³-hybridized carbons (Fsp3) is 0.333. The van der Waals surface area contributed by atoms with E-state index < -0.39 is 11.6 Å². The van der Waals surface area contributed by atoms with Crippen LogP contribution in [0.2, 0.25) is 0 Å². The van der Waals surface area contributed by atoms with Gasteiger partial charge in [0.2, 0.25) is 0 Å². The standard InChI is InChI=1S/C18H18F2N4/c19-14-9-16-17(10-15(14)20)24(11-12-1-5-21-6-2-12)18(23-16)13-3-7-22-8-4-13/h3-4,7-10,12,21H,1-2,5-6,11H2. The third-order valence-electron chi connectivity index (χ3n) is 4.63. The minimum Gasteiger partial charge on any atom is -0.324 e. The molecule has 4 nitrogen and oxygen atoms in total. The van der Waals surface area contributed by atoms with E-state index in [1.807, 2.05) is 16.7 Å². The summed E-state index contributed by atoms with van der Waals surface area (Å²) in [5, 5.41) is 3.35. The number of nitrogens with zero attached hydrogens (tertiary/aromatic N) is 3. The van der Waals surface area contributed by atoms with E-state index in [0.29, 0.717) is 17.0 Å². The lowest BCUT2D eigenvalue weighted by Gasteiger charge is -2.24. The predicted molar refractivity (Wildman–Crippen MR) is 88.5 cm³/mol. The van der Waals surface area contributed by atoms with Crippen molar-refractivity contribution in [3.63, 3.8) is 0 Å². The number of hydrogen-bond donors (Lipinski definition) is 1. The first-order valence-electron chi connectivity index (χ1n) is 8.19. The molecule has 124 valence electrons. The lowest BCUT2D eigenvalue weighted by Crippen LogP contribution is -2.30. The molecule has 1 aliphatic heterocycles. The summed E-state index contributed by atoms with van der Waals surface area (Å²) in [4.78, 5) is 8.60. The van der Waals surface area contributed by atoms with E-state index in [9.17, 15) is 8.78 Å². The van der Waals surface area contributed by atoms with Crippen molar-refractivity contribution in [2.75, 3.05) is 13.1 Å². The van der Waals surface area contributed by atoms with Gasteiger partial charge < -0.3 is 9.88 Å². The molecule has 6 heteroatoms. The molecule has 1 saturated heterocycles. The van der Waals surface area contributed by atoms with E-state index in [-0.39, 0.29) is 0 Å². The minimum atomic E-state index is -0.865. The van der Waals surface area contributed by atoms with E-state index in [1.54, 1.807) is 12.4 Å². The number of halogens is 2. The van der Waals surface area contributed by atoms with Crippen molar-refractivity contribution in [2.24, 2.45) is 5.92 Å². The van der Waals surface area contributed by atoms with E-state index in [1.165, 1.54) is 12.1 Å². The van der Waals surface area contributed by atoms with Crippen LogP contribution in [0.25, 0.3) is 22.4 Å². The first-order valence-corrected chi connectivity index (χ1v) is 8.19. The average Bonchev–Trinajstić information content (AvgIpc) is 2.95. The molecule has 0 radical (unpaired) electrons. The molecular weight excluding hydrogens is 310 g/mol. The van der Waals surface area contributed by atoms with Gasteiger partial charge in [-0.1, -0.05) is 0 Å². The van der Waals surface area contributed by atoms with Crippen molar-refractivity contribution in [1.82, 2.24) is 19.9 Å². The monoisotopic (exact) mass is 328 g/mol. The summed E-state index contributed by atoms with van der Waals surface area (Å²) in [7, 11) is 0. The van der Waals surface area contributed by atoms with Crippen LogP contribution < -0.4 is 5.32 Å². The molecule has 1 aliphatic rings. The number of benzene rings is 1. The number of imidazole rings is 1. The van der Waals surface area contributed by atoms with Crippen molar-refractivity contribution < 1.29 is 8.78 Å². The molecule has 0 unspecified atom stereocenters. The van der Waals surface area contributed by atoms with Gasteiger partial charge in [0.15, 0.2) is 11.6 Å². The third kappa shape index (κ3) is 2.78. The number of hydrogen-bond acceptors (Lipinski definition) is 3. The summed E-state index contributed by atoms with van der Waals surface area (Å²) in [6.45, 7) is 2.73. The Kier molecular flexibility index (Phi) is 3.98. The highest BCUT2D eigenvalue weighted by Crippen LogP contribution is 2.28. The lowest BCUT2D eigenvalue weighted by atomic mass is 9.98. The molecule has 0 atom stereocenters. The highest BCUT2D eigenvalue weighted by atomic mass is 19.2. The Hall–Kier alpha value is -2.34. The van der Waals surface area contributed by atoms with Crippen LogP contribution in [-0.2, 0) is 6.54 Å². The second-order valence-corrected chi connectivity index (χ2v) is 6.23. The second kappa shape index (κ2) is 6.28. The van der Waals surface area contributed by atoms with Gasteiger partial charge in [-0.05, 0) is 44.0 Å². The van der Waals surface area contributed by atoms with Crippen LogP contribution in [-0.4, -0.2) is 27.6 Å². The molecular formula is C18H18F2N4. The molecule has 24 heavy (non-hydrogen) atoms. The maximum atomic E-state index is 13.8. The number of aromatic nitrogens is 3. The van der Waals surface area contributed by atoms with Gasteiger partial charge in [-0.2, -0.15) is 0 Å². The summed E-state index contributed by atoms with van der Waals surface area (Å²) >= 11 is 0. The van der Waals surface area contributed by atoms with Gasteiger partial charge in [-0.25, -0.2) is 13.8 Å². The fourth-order valence-corrected chi connectivity index (χ4v) is 3.35. The largest absolute Gasteiger partial charge is 0.324 e. The van der Waals surface area contributed by atoms with Gasteiger partial charge in [0.25, 0.3) is 0 Å². The smallest absolute Gasteiger partial charge is 0.161 e. The second-order valence-electron chi connectivity index (χ2n) is 6.23. The van der Waals surface area contributed by atoms with Crippen LogP contribution in [0.3, 0.4) is 0 Å². The van der Waals surface area contributed by atoms with Crippen LogP contribution in [0, 0.1) is 17.6 Å². The summed E-state index contributed by atoms with van der Waals surface area (Å²) in [5.41, 5.74) is 2.02. The predicted octanol–water partition coefficient (Wildman–Crippen LogP) is 3.38. The summed E-state index contributed by atoms with van der Waals surface area (Å²) < 4.78 is 29.4. The maximum Gasteiger partial charge on any atom is 0.161 e. The normalized spacial score (nSPS) is 15.9. The van der Waals surface area contributed by atoms with Gasteiger partial charge in [0, 0.05) is 36.6 Å². The number of fused-ring (bicyclic) bond motifs is 1. The number of nitrogens with one attached hydrogen (secondary N) is 1. The molecule has 3 heterocycles. The summed E-state index contributed by atoms with van der Waals surface area (Å²) in [6, 6.07) is 6.16. The zero-order valence-electron chi connectivity index (χ0n) is 13.2. The Bertz CT molecular complexity index is 854. The molecule has 3 aromatic rings. The van der Waals surface area contributed by atoms with Crippen LogP contribution in [0.1, 0.15) is 12.8 Å². The molecule has 0 amide bonds. The molecule has 1 aromatic carbocycles. The van der Waals surface area contributed by atoms with Crippen molar-refractivity contribution in [2.45, 2.75) is 19.4 Å². The third-order valence-corrected chi connectivity index (χ3v) is 4.63. The van der Waals surface area contributed by atoms with Gasteiger partial charge >= 0.3 is 0 Å². The quantitative estimate of drug-likeness (QED) is 0.801. The van der Waals surface area contributed by atoms with Crippen LogP contribution in [0.5, 0.6) is 0 Å². The number of pyridine rings is 1. The Morgan fingerprint density at radius 2 is 1.79 bits per heavy atom. The van der Waals surface area contributed by atoms with Crippen LogP contribution >= 0.6 is 0 Å². The zero-order chi connectivity index (χ0) is 16.5. The van der Waals surface area contributed by atoms with Crippen molar-refractivity contribution in [1.29, 1.82) is 0 Å². The molecule has 0 bridgehead atoms. The van der Waals surface area contributed by atoms with Crippen LogP contribution in [0.15, 0.2) is 36.7 Å². The molecule has 2 aromatic heterocycles. The Labute approximate surface area is 138 Å². The first kappa shape index (κ1) is 15.2. The van der Waals surface area contributed by atoms with Gasteiger partial charge in [0.1, 0.15) is 5.82 Å². The highest BCUT2D eigenvalue weighted by Gasteiger charge is 2.20. The molecule has 0 spiro atoms. The van der Waals surface area contributed by atoms with E-state index in [2.05, 4.69) is 15.3 Å². The minimum absolute atomic E-state index is 0.481. The van der Waals surface area contributed by atoms with E-state index in [4.69, 9.17) is 0 Å². The van der Waals surface area contributed by atoms with E-state index >= 15 is 0 Å². The Morgan fingerprint density at radius 1 is 1.08 bits per heavy atom. The van der Waals surface area contributed by atoms with E-state index in [0.717, 1.165) is 43.9 Å². The van der Waals surface area contributed by atoms with Crippen molar-refractivity contribution in [3.05, 3.63) is 48.3 Å². The molecule has 1 fully saturated rings. The SMILES string of the molecule is Fc1cc2nc(-c3ccncc3)n(CC3CCNCC3)c2cc1F. The highest BCUT2D eigenvalue weighted by molar-refractivity contribution is 5.80. The molecule has 4 rings (SSSR count). The average molecular weight is 328 g/mol. The maximum absolute atomic E-state index is 13.8. The topological polar surface area (TPSA) is 42.7 Å². The van der Waals surface area contributed by atoms with Crippen molar-refractivity contribution in [3.8, 4) is 11.4 Å². The van der Waals surface area contributed by atoms with Gasteiger partial charge in [-0.15, -0.1) is 0 Å². The number of piperidine rings is 1.